The number of nitrogens with zero attached hydrogens (tertiary/aromatic N) is 1. The smallest absolute Gasteiger partial charge is 0.399 e. The third-order valence-electron chi connectivity index (χ3n) is 11.4. The highest BCUT2D eigenvalue weighted by molar-refractivity contribution is 6.62. The molecule has 1 fully saturated rings. The largest absolute Gasteiger partial charge is 0.496 e. The van der Waals surface area contributed by atoms with Gasteiger partial charge in [-0.1, -0.05) is 134 Å². The van der Waals surface area contributed by atoms with Crippen LogP contribution in [0.1, 0.15) is 155 Å². The van der Waals surface area contributed by atoms with Crippen LogP contribution in [0.25, 0.3) is 22.4 Å². The van der Waals surface area contributed by atoms with Gasteiger partial charge < -0.3 is 9.31 Å². The minimum absolute atomic E-state index is 0.0734. The molecule has 2 aliphatic rings. The third-order valence-corrected chi connectivity index (χ3v) is 11.4. The third kappa shape index (κ3) is 7.34. The van der Waals surface area contributed by atoms with Gasteiger partial charge in [-0.05, 0) is 86.9 Å². The Labute approximate surface area is 281 Å². The molecule has 3 aromatic rings. The molecule has 0 radical (unpaired) electrons. The normalized spacial score (nSPS) is 17.3. The Balaban J connectivity index is 1.47. The Kier molecular flexibility index (Phi) is 11.5. The molecule has 0 N–H and O–H groups in total. The summed E-state index contributed by atoms with van der Waals surface area (Å²) in [4.78, 5) is 4.99. The number of hydrogen-bond acceptors (Lipinski definition) is 3. The van der Waals surface area contributed by atoms with Gasteiger partial charge in [0.2, 0.25) is 0 Å². The van der Waals surface area contributed by atoms with Gasteiger partial charge in [0.25, 0.3) is 0 Å². The molecule has 0 amide bonds. The summed E-state index contributed by atoms with van der Waals surface area (Å²) in [7, 11) is -0.392. The number of aryl methyl sites for hydroxylation is 1. The first kappa shape index (κ1) is 34.9. The van der Waals surface area contributed by atoms with Crippen LogP contribution in [0.4, 0.5) is 0 Å². The highest BCUT2D eigenvalue weighted by Gasteiger charge is 2.52. The second-order valence-electron chi connectivity index (χ2n) is 15.2. The van der Waals surface area contributed by atoms with E-state index in [0.717, 1.165) is 17.6 Å². The first-order valence-corrected chi connectivity index (χ1v) is 18.8. The summed E-state index contributed by atoms with van der Waals surface area (Å²) in [6.45, 7) is 15.3. The highest BCUT2D eigenvalue weighted by atomic mass is 16.7. The zero-order valence-corrected chi connectivity index (χ0v) is 30.1. The zero-order valence-electron chi connectivity index (χ0n) is 30.1. The van der Waals surface area contributed by atoms with Crippen molar-refractivity contribution in [2.75, 3.05) is 0 Å². The van der Waals surface area contributed by atoms with Crippen molar-refractivity contribution >= 4 is 12.6 Å². The molecule has 1 aliphatic carbocycles. The topological polar surface area (TPSA) is 31.4 Å². The molecular weight excluding hydrogens is 561 g/mol. The van der Waals surface area contributed by atoms with Crippen molar-refractivity contribution in [3.05, 3.63) is 71.4 Å². The van der Waals surface area contributed by atoms with E-state index in [9.17, 15) is 0 Å². The Bertz CT molecular complexity index is 1390. The SMILES string of the molecule is CCCCCCCCC1(CCCCCCCC)c2cc(CC)ccc2-c2ccc(-c3ccc(B4OC(C)(C)C(C)(C)O4)cn3)cc21. The van der Waals surface area contributed by atoms with Crippen LogP contribution in [0.15, 0.2) is 54.7 Å². The molecule has 4 heteroatoms. The first-order valence-electron chi connectivity index (χ1n) is 18.8. The molecule has 5 rings (SSSR count). The Hall–Kier alpha value is -2.43. The molecule has 1 aromatic heterocycles. The lowest BCUT2D eigenvalue weighted by molar-refractivity contribution is 0.00578. The van der Waals surface area contributed by atoms with E-state index in [2.05, 4.69) is 97.0 Å². The van der Waals surface area contributed by atoms with Crippen LogP contribution in [0, 0.1) is 0 Å². The van der Waals surface area contributed by atoms with Crippen LogP contribution in [0.5, 0.6) is 0 Å². The van der Waals surface area contributed by atoms with Gasteiger partial charge in [0, 0.05) is 22.6 Å². The molecule has 1 saturated heterocycles. The summed E-state index contributed by atoms with van der Waals surface area (Å²) in [5.74, 6) is 0. The quantitative estimate of drug-likeness (QED) is 0.111. The fourth-order valence-corrected chi connectivity index (χ4v) is 7.69. The van der Waals surface area contributed by atoms with Gasteiger partial charge in [-0.3, -0.25) is 4.98 Å². The maximum absolute atomic E-state index is 6.31. The zero-order chi connectivity index (χ0) is 32.8. The van der Waals surface area contributed by atoms with E-state index in [1.165, 1.54) is 118 Å². The van der Waals surface area contributed by atoms with Gasteiger partial charge in [-0.15, -0.1) is 0 Å². The number of benzene rings is 2. The van der Waals surface area contributed by atoms with Gasteiger partial charge in [0.1, 0.15) is 0 Å². The van der Waals surface area contributed by atoms with Crippen LogP contribution in [0.3, 0.4) is 0 Å². The summed E-state index contributed by atoms with van der Waals surface area (Å²) in [5, 5.41) is 0. The molecule has 0 spiro atoms. The molecule has 3 nitrogen and oxygen atoms in total. The molecule has 1 aliphatic heterocycles. The number of rotatable bonds is 17. The molecule has 0 bridgehead atoms. The molecule has 0 atom stereocenters. The number of fused-ring (bicyclic) bond motifs is 3. The van der Waals surface area contributed by atoms with Crippen molar-refractivity contribution in [3.63, 3.8) is 0 Å². The van der Waals surface area contributed by atoms with E-state index in [0.29, 0.717) is 0 Å². The van der Waals surface area contributed by atoms with Crippen LogP contribution >= 0.6 is 0 Å². The van der Waals surface area contributed by atoms with Crippen LogP contribution in [-0.4, -0.2) is 23.3 Å². The predicted octanol–water partition coefficient (Wildman–Crippen LogP) is 11.4. The first-order chi connectivity index (χ1) is 22.2. The van der Waals surface area contributed by atoms with Crippen LogP contribution < -0.4 is 5.46 Å². The maximum atomic E-state index is 6.31. The molecule has 2 aromatic carbocycles. The lowest BCUT2D eigenvalue weighted by Crippen LogP contribution is -2.41. The van der Waals surface area contributed by atoms with Gasteiger partial charge in [-0.25, -0.2) is 0 Å². The summed E-state index contributed by atoms with van der Waals surface area (Å²) < 4.78 is 12.6. The van der Waals surface area contributed by atoms with Crippen molar-refractivity contribution in [2.45, 2.75) is 161 Å². The Morgan fingerprint density at radius 3 is 1.70 bits per heavy atom. The lowest BCUT2D eigenvalue weighted by Gasteiger charge is -2.33. The maximum Gasteiger partial charge on any atom is 0.496 e. The second kappa shape index (κ2) is 15.2. The molecule has 0 unspecified atom stereocenters. The van der Waals surface area contributed by atoms with Gasteiger partial charge in [0.05, 0.1) is 16.9 Å². The Morgan fingerprint density at radius 2 is 1.15 bits per heavy atom. The summed E-state index contributed by atoms with van der Waals surface area (Å²) in [6, 6.07) is 18.8. The van der Waals surface area contributed by atoms with Crippen molar-refractivity contribution in [1.29, 1.82) is 0 Å². The number of aromatic nitrogens is 1. The molecular formula is C42H60BNO2. The number of hydrogen-bond donors (Lipinski definition) is 0. The standard InChI is InChI=1S/C42H60BNO2/c1-8-11-13-15-17-19-27-42(28-20-18-16-14-12-9-2)37-29-32(10-3)21-24-35(37)36-25-22-33(30-38(36)42)39-26-23-34(31-44-39)43-45-40(4,5)41(6,7)46-43/h21-26,29-31H,8-20,27-28H2,1-7H3. The van der Waals surface area contributed by atoms with Crippen molar-refractivity contribution in [2.24, 2.45) is 0 Å². The van der Waals surface area contributed by atoms with Gasteiger partial charge in [-0.2, -0.15) is 0 Å². The van der Waals surface area contributed by atoms with Gasteiger partial charge >= 0.3 is 7.12 Å². The average Bonchev–Trinajstić information content (AvgIpc) is 3.45. The summed E-state index contributed by atoms with van der Waals surface area (Å²) >= 11 is 0. The summed E-state index contributed by atoms with van der Waals surface area (Å²) in [5.41, 5.74) is 10.0. The minimum Gasteiger partial charge on any atom is -0.399 e. The lowest BCUT2D eigenvalue weighted by atomic mass is 9.70. The van der Waals surface area contributed by atoms with Crippen LogP contribution in [-0.2, 0) is 21.1 Å². The average molecular weight is 622 g/mol. The van der Waals surface area contributed by atoms with Crippen molar-refractivity contribution in [1.82, 2.24) is 4.98 Å². The van der Waals surface area contributed by atoms with E-state index in [1.54, 1.807) is 5.56 Å². The van der Waals surface area contributed by atoms with E-state index >= 15 is 0 Å². The van der Waals surface area contributed by atoms with E-state index < -0.39 is 7.12 Å². The van der Waals surface area contributed by atoms with Gasteiger partial charge in [0.15, 0.2) is 0 Å². The second-order valence-corrected chi connectivity index (χ2v) is 15.2. The fourth-order valence-electron chi connectivity index (χ4n) is 7.69. The van der Waals surface area contributed by atoms with E-state index in [1.807, 2.05) is 6.20 Å². The molecule has 0 saturated carbocycles. The molecule has 248 valence electrons. The Morgan fingerprint density at radius 1 is 0.609 bits per heavy atom. The number of unbranched alkanes of at least 4 members (excludes halogenated alkanes) is 10. The van der Waals surface area contributed by atoms with Crippen molar-refractivity contribution < 1.29 is 9.31 Å². The number of pyridine rings is 1. The van der Waals surface area contributed by atoms with E-state index in [4.69, 9.17) is 14.3 Å². The summed E-state index contributed by atoms with van der Waals surface area (Å²) in [6.07, 6.45) is 21.5. The van der Waals surface area contributed by atoms with Crippen molar-refractivity contribution in [3.8, 4) is 22.4 Å². The minimum atomic E-state index is -0.392. The monoisotopic (exact) mass is 621 g/mol. The highest BCUT2D eigenvalue weighted by Crippen LogP contribution is 2.55. The fraction of sp³-hybridized carbons (Fsp3) is 0.595. The molecule has 46 heavy (non-hydrogen) atoms. The van der Waals surface area contributed by atoms with Crippen LogP contribution in [0.2, 0.25) is 0 Å². The van der Waals surface area contributed by atoms with E-state index in [-0.39, 0.29) is 16.6 Å². The molecule has 2 heterocycles. The predicted molar refractivity (Wildman–Crippen MR) is 197 cm³/mol.